The van der Waals surface area contributed by atoms with Crippen molar-refractivity contribution in [3.05, 3.63) is 71.5 Å². The number of rotatable bonds is 10. The second-order valence-electron chi connectivity index (χ2n) is 9.82. The zero-order valence-electron chi connectivity index (χ0n) is 21.0. The van der Waals surface area contributed by atoms with Crippen LogP contribution in [-0.4, -0.2) is 27.9 Å². The largest absolute Gasteiger partial charge is 0.504 e. The van der Waals surface area contributed by atoms with Crippen LogP contribution in [0.25, 0.3) is 0 Å². The van der Waals surface area contributed by atoms with E-state index in [-0.39, 0.29) is 29.4 Å². The molecule has 1 amide bonds. The Morgan fingerprint density at radius 3 is 2.65 bits per heavy atom. The first kappa shape index (κ1) is 25.3. The van der Waals surface area contributed by atoms with E-state index in [4.69, 9.17) is 4.74 Å². The zero-order valence-corrected chi connectivity index (χ0v) is 21.0. The van der Waals surface area contributed by atoms with Crippen molar-refractivity contribution in [1.82, 2.24) is 9.78 Å². The average molecular weight is 464 g/mol. The Morgan fingerprint density at radius 1 is 1.21 bits per heavy atom. The van der Waals surface area contributed by atoms with Crippen LogP contribution in [0.3, 0.4) is 0 Å². The maximum atomic E-state index is 13.3. The van der Waals surface area contributed by atoms with E-state index in [0.717, 1.165) is 41.6 Å². The van der Waals surface area contributed by atoms with E-state index >= 15 is 0 Å². The number of phenolic OH excluding ortho intramolecular Hbond substituents is 1. The Bertz CT molecular complexity index is 1080. The van der Waals surface area contributed by atoms with E-state index in [1.54, 1.807) is 12.3 Å². The lowest BCUT2D eigenvalue weighted by molar-refractivity contribution is -0.116. The summed E-state index contributed by atoms with van der Waals surface area (Å²) in [4.78, 5) is 13.3. The standard InChI is InChI=1S/C28H37N3O3/c1-6-7-10-21(22-11-8-12-25(34-5)27(22)33)18-26(32)30-24-17-20(19-31-16-9-15-29-31)13-14-23(24)28(2,3)4/h8-9,11-17,21,33H,6-7,10,18-19H2,1-5H3,(H,30,32). The number of hydrogen-bond acceptors (Lipinski definition) is 4. The van der Waals surface area contributed by atoms with Crippen LogP contribution in [-0.2, 0) is 16.8 Å². The predicted octanol–water partition coefficient (Wildman–Crippen LogP) is 6.25. The zero-order chi connectivity index (χ0) is 24.7. The van der Waals surface area contributed by atoms with Crippen LogP contribution in [0, 0.1) is 0 Å². The number of unbranched alkanes of at least 4 members (excludes halogenated alkanes) is 1. The molecular formula is C28H37N3O3. The third kappa shape index (κ3) is 6.40. The van der Waals surface area contributed by atoms with Crippen LogP contribution >= 0.6 is 0 Å². The lowest BCUT2D eigenvalue weighted by Crippen LogP contribution is -2.21. The molecule has 2 N–H and O–H groups in total. The third-order valence-electron chi connectivity index (χ3n) is 6.10. The van der Waals surface area contributed by atoms with Crippen molar-refractivity contribution in [2.45, 2.75) is 71.3 Å². The minimum absolute atomic E-state index is 0.0648. The number of benzene rings is 2. The number of aromatic nitrogens is 2. The molecular weight excluding hydrogens is 426 g/mol. The molecule has 1 aromatic heterocycles. The van der Waals surface area contributed by atoms with Crippen LogP contribution in [0.1, 0.15) is 76.0 Å². The Balaban J connectivity index is 1.85. The number of ether oxygens (including phenoxy) is 1. The number of methoxy groups -OCH3 is 1. The molecule has 0 aliphatic carbocycles. The highest BCUT2D eigenvalue weighted by Gasteiger charge is 2.23. The molecule has 2 aromatic carbocycles. The summed E-state index contributed by atoms with van der Waals surface area (Å²) in [6.45, 7) is 9.19. The predicted molar refractivity (Wildman–Crippen MR) is 137 cm³/mol. The van der Waals surface area contributed by atoms with E-state index in [1.165, 1.54) is 7.11 Å². The molecule has 3 aromatic rings. The molecule has 1 heterocycles. The third-order valence-corrected chi connectivity index (χ3v) is 6.10. The number of carbonyl (C=O) groups excluding carboxylic acids is 1. The minimum Gasteiger partial charge on any atom is -0.504 e. The van der Waals surface area contributed by atoms with Crippen molar-refractivity contribution >= 4 is 11.6 Å². The van der Waals surface area contributed by atoms with Gasteiger partial charge in [0.2, 0.25) is 5.91 Å². The molecule has 0 aliphatic rings. The molecule has 0 aliphatic heterocycles. The molecule has 0 bridgehead atoms. The van der Waals surface area contributed by atoms with Crippen molar-refractivity contribution in [2.24, 2.45) is 0 Å². The molecule has 0 saturated heterocycles. The smallest absolute Gasteiger partial charge is 0.224 e. The molecule has 1 unspecified atom stereocenters. The van der Waals surface area contributed by atoms with Crippen LogP contribution < -0.4 is 10.1 Å². The first-order valence-electron chi connectivity index (χ1n) is 12.0. The van der Waals surface area contributed by atoms with Crippen molar-refractivity contribution < 1.29 is 14.6 Å². The first-order chi connectivity index (χ1) is 16.2. The van der Waals surface area contributed by atoms with Gasteiger partial charge in [0.05, 0.1) is 13.7 Å². The van der Waals surface area contributed by atoms with Crippen LogP contribution in [0.4, 0.5) is 5.69 Å². The topological polar surface area (TPSA) is 76.4 Å². The Morgan fingerprint density at radius 2 is 2.00 bits per heavy atom. The van der Waals surface area contributed by atoms with Gasteiger partial charge in [0.15, 0.2) is 11.5 Å². The summed E-state index contributed by atoms with van der Waals surface area (Å²) >= 11 is 0. The number of aromatic hydroxyl groups is 1. The first-order valence-corrected chi connectivity index (χ1v) is 12.0. The van der Waals surface area contributed by atoms with Gasteiger partial charge in [-0.15, -0.1) is 0 Å². The molecule has 3 rings (SSSR count). The number of phenols is 1. The Labute approximate surface area is 203 Å². The SMILES string of the molecule is CCCCC(CC(=O)Nc1cc(Cn2cccn2)ccc1C(C)(C)C)c1cccc(OC)c1O. The molecule has 6 nitrogen and oxygen atoms in total. The number of nitrogens with one attached hydrogen (secondary N) is 1. The van der Waals surface area contributed by atoms with E-state index < -0.39 is 0 Å². The van der Waals surface area contributed by atoms with Gasteiger partial charge in [0.1, 0.15) is 0 Å². The maximum Gasteiger partial charge on any atom is 0.224 e. The fourth-order valence-electron chi connectivity index (χ4n) is 4.30. The molecule has 182 valence electrons. The number of para-hydroxylation sites is 1. The highest BCUT2D eigenvalue weighted by molar-refractivity contribution is 5.92. The summed E-state index contributed by atoms with van der Waals surface area (Å²) in [7, 11) is 1.54. The van der Waals surface area contributed by atoms with Gasteiger partial charge in [0.25, 0.3) is 0 Å². The van der Waals surface area contributed by atoms with Gasteiger partial charge < -0.3 is 15.2 Å². The van der Waals surface area contributed by atoms with Gasteiger partial charge in [-0.2, -0.15) is 5.10 Å². The quantitative estimate of drug-likeness (QED) is 0.373. The Kier molecular flexibility index (Phi) is 8.37. The molecule has 0 spiro atoms. The van der Waals surface area contributed by atoms with Crippen LogP contribution in [0.2, 0.25) is 0 Å². The molecule has 1 atom stereocenters. The van der Waals surface area contributed by atoms with Gasteiger partial charge in [-0.3, -0.25) is 9.48 Å². The van der Waals surface area contributed by atoms with Crippen molar-refractivity contribution in [1.29, 1.82) is 0 Å². The van der Waals surface area contributed by atoms with E-state index in [9.17, 15) is 9.90 Å². The van der Waals surface area contributed by atoms with Gasteiger partial charge in [-0.25, -0.2) is 0 Å². The van der Waals surface area contributed by atoms with E-state index in [0.29, 0.717) is 12.3 Å². The summed E-state index contributed by atoms with van der Waals surface area (Å²) in [5, 5.41) is 18.2. The van der Waals surface area contributed by atoms with E-state index in [2.05, 4.69) is 50.2 Å². The van der Waals surface area contributed by atoms with Crippen molar-refractivity contribution in [2.75, 3.05) is 12.4 Å². The van der Waals surface area contributed by atoms with Gasteiger partial charge in [0, 0.05) is 30.1 Å². The van der Waals surface area contributed by atoms with Crippen molar-refractivity contribution in [3.63, 3.8) is 0 Å². The highest BCUT2D eigenvalue weighted by atomic mass is 16.5. The van der Waals surface area contributed by atoms with Gasteiger partial charge in [-0.1, -0.05) is 64.8 Å². The monoisotopic (exact) mass is 463 g/mol. The number of carbonyl (C=O) groups is 1. The molecule has 34 heavy (non-hydrogen) atoms. The molecule has 6 heteroatoms. The number of hydrogen-bond donors (Lipinski definition) is 2. The number of nitrogens with zero attached hydrogens (tertiary/aromatic N) is 2. The fourth-order valence-corrected chi connectivity index (χ4v) is 4.30. The number of amides is 1. The second kappa shape index (κ2) is 11.2. The Hall–Kier alpha value is -3.28. The fraction of sp³-hybridized carbons (Fsp3) is 0.429. The molecule has 0 radical (unpaired) electrons. The summed E-state index contributed by atoms with van der Waals surface area (Å²) in [5.41, 5.74) is 3.61. The lowest BCUT2D eigenvalue weighted by Gasteiger charge is -2.25. The van der Waals surface area contributed by atoms with Crippen LogP contribution in [0.5, 0.6) is 11.5 Å². The van der Waals surface area contributed by atoms with Gasteiger partial charge in [-0.05, 0) is 47.1 Å². The maximum absolute atomic E-state index is 13.3. The van der Waals surface area contributed by atoms with E-state index in [1.807, 2.05) is 35.1 Å². The minimum atomic E-state index is -0.125. The summed E-state index contributed by atoms with van der Waals surface area (Å²) < 4.78 is 7.16. The lowest BCUT2D eigenvalue weighted by atomic mass is 9.85. The summed E-state index contributed by atoms with van der Waals surface area (Å²) in [5.74, 6) is 0.390. The van der Waals surface area contributed by atoms with Gasteiger partial charge >= 0.3 is 0 Å². The normalized spacial score (nSPS) is 12.4. The highest BCUT2D eigenvalue weighted by Crippen LogP contribution is 2.38. The molecule has 0 saturated carbocycles. The summed E-state index contributed by atoms with van der Waals surface area (Å²) in [6.07, 6.45) is 6.78. The average Bonchev–Trinajstić information content (AvgIpc) is 3.29. The molecule has 0 fully saturated rings. The summed E-state index contributed by atoms with van der Waals surface area (Å²) in [6, 6.07) is 13.6. The van der Waals surface area contributed by atoms with Crippen molar-refractivity contribution in [3.8, 4) is 11.5 Å². The van der Waals surface area contributed by atoms with Crippen LogP contribution in [0.15, 0.2) is 54.9 Å². The second-order valence-corrected chi connectivity index (χ2v) is 9.82. The number of anilines is 1.